The molecule has 0 unspecified atom stereocenters. The summed E-state index contributed by atoms with van der Waals surface area (Å²) in [5, 5.41) is 4.28. The normalized spacial score (nSPS) is 10.8. The lowest BCUT2D eigenvalue weighted by atomic mass is 10.2. The first-order chi connectivity index (χ1) is 11.7. The first kappa shape index (κ1) is 16.0. The van der Waals surface area contributed by atoms with Crippen molar-refractivity contribution in [2.45, 2.75) is 13.8 Å². The van der Waals surface area contributed by atoms with Crippen LogP contribution in [0.2, 0.25) is 0 Å². The summed E-state index contributed by atoms with van der Waals surface area (Å²) in [5.41, 5.74) is 0.748. The van der Waals surface area contributed by atoms with E-state index >= 15 is 0 Å². The zero-order valence-electron chi connectivity index (χ0n) is 13.7. The van der Waals surface area contributed by atoms with Crippen LogP contribution in [-0.4, -0.2) is 38.2 Å². The van der Waals surface area contributed by atoms with Crippen LogP contribution < -0.4 is 0 Å². The lowest BCUT2D eigenvalue weighted by Crippen LogP contribution is -2.31. The molecule has 0 atom stereocenters. The maximum atomic E-state index is 14.2. The highest BCUT2D eigenvalue weighted by atomic mass is 19.1. The molecule has 0 aliphatic heterocycles. The summed E-state index contributed by atoms with van der Waals surface area (Å²) in [7, 11) is 0. The summed E-state index contributed by atoms with van der Waals surface area (Å²) in [4.78, 5) is 14.5. The third-order valence-electron chi connectivity index (χ3n) is 3.95. The second-order valence-electron chi connectivity index (χ2n) is 5.31. The van der Waals surface area contributed by atoms with E-state index in [-0.39, 0.29) is 5.91 Å². The minimum Gasteiger partial charge on any atom is -0.339 e. The third-order valence-corrected chi connectivity index (χ3v) is 3.95. The predicted octanol–water partition coefficient (Wildman–Crippen LogP) is 3.28. The largest absolute Gasteiger partial charge is 0.339 e. The fourth-order valence-electron chi connectivity index (χ4n) is 2.70. The zero-order valence-corrected chi connectivity index (χ0v) is 13.7. The Hall–Kier alpha value is -2.89. The molecule has 0 bridgehead atoms. The van der Waals surface area contributed by atoms with E-state index in [1.54, 1.807) is 27.7 Å². The number of para-hydroxylation sites is 1. The average molecular weight is 326 g/mol. The first-order valence-corrected chi connectivity index (χ1v) is 7.92. The SMILES string of the molecule is CCN(CC)C(=O)c1cnn(-c2ccccc2F)c1-n1cccc1. The van der Waals surface area contributed by atoms with Gasteiger partial charge in [0.25, 0.3) is 5.91 Å². The van der Waals surface area contributed by atoms with Crippen LogP contribution in [0, 0.1) is 5.82 Å². The minimum absolute atomic E-state index is 0.119. The summed E-state index contributed by atoms with van der Waals surface area (Å²) < 4.78 is 17.5. The van der Waals surface area contributed by atoms with Crippen LogP contribution in [0.25, 0.3) is 11.5 Å². The van der Waals surface area contributed by atoms with Crippen LogP contribution >= 0.6 is 0 Å². The van der Waals surface area contributed by atoms with Crippen molar-refractivity contribution in [3.63, 3.8) is 0 Å². The molecule has 0 N–H and O–H groups in total. The van der Waals surface area contributed by atoms with Gasteiger partial charge in [-0.2, -0.15) is 5.10 Å². The van der Waals surface area contributed by atoms with Gasteiger partial charge in [-0.15, -0.1) is 0 Å². The molecule has 0 fully saturated rings. The van der Waals surface area contributed by atoms with Gasteiger partial charge in [0.1, 0.15) is 17.1 Å². The van der Waals surface area contributed by atoms with Gasteiger partial charge in [-0.05, 0) is 38.1 Å². The molecule has 3 aromatic rings. The van der Waals surface area contributed by atoms with Crippen molar-refractivity contribution >= 4 is 5.91 Å². The number of nitrogens with zero attached hydrogens (tertiary/aromatic N) is 4. The standard InChI is InChI=1S/C18H19FN4O/c1-3-21(4-2)18(24)14-13-20-23(16-10-6-5-9-15(16)19)17(14)22-11-7-8-12-22/h5-13H,3-4H2,1-2H3. The average Bonchev–Trinajstić information content (AvgIpc) is 3.25. The predicted molar refractivity (Wildman–Crippen MR) is 90.1 cm³/mol. The minimum atomic E-state index is -0.393. The maximum absolute atomic E-state index is 14.2. The van der Waals surface area contributed by atoms with Gasteiger partial charge in [0.15, 0.2) is 5.82 Å². The molecule has 0 radical (unpaired) electrons. The number of benzene rings is 1. The second kappa shape index (κ2) is 6.70. The molecule has 24 heavy (non-hydrogen) atoms. The summed E-state index contributed by atoms with van der Waals surface area (Å²) in [6, 6.07) is 10.1. The van der Waals surface area contributed by atoms with E-state index in [4.69, 9.17) is 0 Å². The molecule has 1 aromatic carbocycles. The molecule has 6 heteroatoms. The molecule has 3 rings (SSSR count). The van der Waals surface area contributed by atoms with E-state index in [0.717, 1.165) is 0 Å². The van der Waals surface area contributed by atoms with Crippen molar-refractivity contribution in [3.8, 4) is 11.5 Å². The van der Waals surface area contributed by atoms with E-state index in [1.807, 2.05) is 38.4 Å². The maximum Gasteiger partial charge on any atom is 0.259 e. The lowest BCUT2D eigenvalue weighted by molar-refractivity contribution is 0.0773. The van der Waals surface area contributed by atoms with Crippen molar-refractivity contribution in [1.82, 2.24) is 19.2 Å². The third kappa shape index (κ3) is 2.71. The fourth-order valence-corrected chi connectivity index (χ4v) is 2.70. The Bertz CT molecular complexity index is 835. The topological polar surface area (TPSA) is 43.1 Å². The molecular weight excluding hydrogens is 307 g/mol. The molecule has 0 aliphatic rings. The summed E-state index contributed by atoms with van der Waals surface area (Å²) >= 11 is 0. The van der Waals surface area contributed by atoms with Gasteiger partial charge in [0.05, 0.1) is 6.20 Å². The number of carbonyl (C=O) groups excluding carboxylic acids is 1. The molecular formula is C18H19FN4O. The van der Waals surface area contributed by atoms with Crippen LogP contribution in [0.1, 0.15) is 24.2 Å². The van der Waals surface area contributed by atoms with Gasteiger partial charge in [-0.25, -0.2) is 9.07 Å². The van der Waals surface area contributed by atoms with Gasteiger partial charge in [-0.3, -0.25) is 4.79 Å². The number of aromatic nitrogens is 3. The van der Waals surface area contributed by atoms with Gasteiger partial charge >= 0.3 is 0 Å². The van der Waals surface area contributed by atoms with E-state index in [2.05, 4.69) is 5.10 Å². The van der Waals surface area contributed by atoms with Gasteiger partial charge in [-0.1, -0.05) is 12.1 Å². The van der Waals surface area contributed by atoms with Crippen LogP contribution in [0.3, 0.4) is 0 Å². The number of carbonyl (C=O) groups is 1. The molecule has 1 amide bonds. The quantitative estimate of drug-likeness (QED) is 0.722. The highest BCUT2D eigenvalue weighted by Gasteiger charge is 2.23. The van der Waals surface area contributed by atoms with Gasteiger partial charge in [0.2, 0.25) is 0 Å². The second-order valence-corrected chi connectivity index (χ2v) is 5.31. The van der Waals surface area contributed by atoms with Crippen LogP contribution in [0.4, 0.5) is 4.39 Å². The summed E-state index contributed by atoms with van der Waals surface area (Å²) in [5.74, 6) is 0.0177. The van der Waals surface area contributed by atoms with Crippen LogP contribution in [-0.2, 0) is 0 Å². The Kier molecular flexibility index (Phi) is 4.46. The van der Waals surface area contributed by atoms with E-state index in [1.165, 1.54) is 16.9 Å². The van der Waals surface area contributed by atoms with Crippen molar-refractivity contribution in [2.24, 2.45) is 0 Å². The zero-order chi connectivity index (χ0) is 17.1. The Labute approximate surface area is 139 Å². The number of amides is 1. The Balaban J connectivity index is 2.19. The fraction of sp³-hybridized carbons (Fsp3) is 0.222. The molecule has 0 aliphatic carbocycles. The number of hydrogen-bond donors (Lipinski definition) is 0. The van der Waals surface area contributed by atoms with E-state index in [9.17, 15) is 9.18 Å². The monoisotopic (exact) mass is 326 g/mol. The van der Waals surface area contributed by atoms with E-state index < -0.39 is 5.82 Å². The number of halogens is 1. The van der Waals surface area contributed by atoms with Crippen LogP contribution in [0.5, 0.6) is 0 Å². The highest BCUT2D eigenvalue weighted by molar-refractivity contribution is 5.97. The number of rotatable bonds is 5. The van der Waals surface area contributed by atoms with Crippen molar-refractivity contribution in [1.29, 1.82) is 0 Å². The first-order valence-electron chi connectivity index (χ1n) is 7.92. The lowest BCUT2D eigenvalue weighted by Gasteiger charge is -2.19. The summed E-state index contributed by atoms with van der Waals surface area (Å²) in [6.45, 7) is 5.06. The van der Waals surface area contributed by atoms with Crippen molar-refractivity contribution in [2.75, 3.05) is 13.1 Å². The summed E-state index contributed by atoms with van der Waals surface area (Å²) in [6.07, 6.45) is 5.13. The van der Waals surface area contributed by atoms with Crippen molar-refractivity contribution in [3.05, 3.63) is 66.4 Å². The number of hydrogen-bond acceptors (Lipinski definition) is 2. The van der Waals surface area contributed by atoms with Crippen molar-refractivity contribution < 1.29 is 9.18 Å². The molecule has 0 spiro atoms. The van der Waals surface area contributed by atoms with Gasteiger partial charge < -0.3 is 9.47 Å². The Morgan fingerprint density at radius 3 is 2.42 bits per heavy atom. The van der Waals surface area contributed by atoms with E-state index in [0.29, 0.717) is 30.2 Å². The van der Waals surface area contributed by atoms with Gasteiger partial charge in [0, 0.05) is 25.5 Å². The molecule has 124 valence electrons. The highest BCUT2D eigenvalue weighted by Crippen LogP contribution is 2.22. The van der Waals surface area contributed by atoms with Crippen LogP contribution in [0.15, 0.2) is 55.0 Å². The molecule has 5 nitrogen and oxygen atoms in total. The molecule has 0 saturated heterocycles. The Morgan fingerprint density at radius 1 is 1.12 bits per heavy atom. The Morgan fingerprint density at radius 2 is 1.79 bits per heavy atom. The molecule has 2 heterocycles. The molecule has 2 aromatic heterocycles. The molecule has 0 saturated carbocycles. The smallest absolute Gasteiger partial charge is 0.259 e.